The number of hydrogen-bond donors (Lipinski definition) is 1. The predicted molar refractivity (Wildman–Crippen MR) is 79.2 cm³/mol. The normalized spacial score (nSPS) is 10.7. The Kier molecular flexibility index (Phi) is 4.33. The van der Waals surface area contributed by atoms with Gasteiger partial charge in [0.15, 0.2) is 11.5 Å². The van der Waals surface area contributed by atoms with E-state index in [0.29, 0.717) is 5.02 Å². The molecule has 2 aromatic rings. The number of halogens is 1. The number of rotatable bonds is 3. The second kappa shape index (κ2) is 6.17. The predicted octanol–water partition coefficient (Wildman–Crippen LogP) is 3.30. The fraction of sp³-hybridized carbons (Fsp3) is 0. The number of aromatic hydroxyl groups is 1. The number of allylic oxidation sites excluding steroid dienone is 1. The first kappa shape index (κ1) is 14.0. The van der Waals surface area contributed by atoms with Gasteiger partial charge in [0.05, 0.1) is 5.56 Å². The van der Waals surface area contributed by atoms with E-state index in [4.69, 9.17) is 11.6 Å². The zero-order valence-corrected chi connectivity index (χ0v) is 11.2. The summed E-state index contributed by atoms with van der Waals surface area (Å²) in [5, 5.41) is 10.2. The molecule has 0 aliphatic carbocycles. The third-order valence-corrected chi connectivity index (χ3v) is 2.89. The van der Waals surface area contributed by atoms with Crippen molar-refractivity contribution in [1.29, 1.82) is 0 Å². The van der Waals surface area contributed by atoms with Gasteiger partial charge in [0.1, 0.15) is 0 Å². The lowest BCUT2D eigenvalue weighted by atomic mass is 10.1. The summed E-state index contributed by atoms with van der Waals surface area (Å²) in [6.45, 7) is 0. The van der Waals surface area contributed by atoms with Crippen LogP contribution in [0.1, 0.15) is 15.9 Å². The quantitative estimate of drug-likeness (QED) is 0.696. The Morgan fingerprint density at radius 2 is 1.85 bits per heavy atom. The van der Waals surface area contributed by atoms with E-state index in [1.54, 1.807) is 30.3 Å². The average Bonchev–Trinajstić information content (AvgIpc) is 2.59. The largest absolute Gasteiger partial charge is 0.504 e. The summed E-state index contributed by atoms with van der Waals surface area (Å²) in [6, 6.07) is 12.6. The van der Waals surface area contributed by atoms with E-state index in [1.165, 1.54) is 30.3 Å². The van der Waals surface area contributed by atoms with Crippen molar-refractivity contribution in [2.75, 3.05) is 0 Å². The number of carbonyl (C=O) groups is 1. The molecule has 0 aliphatic rings. The van der Waals surface area contributed by atoms with Crippen LogP contribution in [0.2, 0.25) is 5.02 Å². The minimum Gasteiger partial charge on any atom is -0.504 e. The standard InChI is InChI=1S/C16H11ClO3/c17-12-5-3-4-11(10-12)8-9-14(18)13-6-1-2-7-15(19)16(13)20/h1-10H,(H,19,20). The molecule has 0 aliphatic heterocycles. The van der Waals surface area contributed by atoms with Gasteiger partial charge >= 0.3 is 0 Å². The molecule has 0 amide bonds. The van der Waals surface area contributed by atoms with Crippen LogP contribution < -0.4 is 5.43 Å². The van der Waals surface area contributed by atoms with Crippen molar-refractivity contribution in [3.63, 3.8) is 0 Å². The highest BCUT2D eigenvalue weighted by Crippen LogP contribution is 2.14. The van der Waals surface area contributed by atoms with E-state index in [1.807, 2.05) is 0 Å². The Bertz CT molecular complexity index is 736. The van der Waals surface area contributed by atoms with Crippen LogP contribution in [-0.2, 0) is 0 Å². The fourth-order valence-corrected chi connectivity index (χ4v) is 1.85. The number of carbonyl (C=O) groups excluding carboxylic acids is 1. The molecule has 0 unspecified atom stereocenters. The van der Waals surface area contributed by atoms with Gasteiger partial charge in [-0.25, -0.2) is 0 Å². The summed E-state index contributed by atoms with van der Waals surface area (Å²) in [7, 11) is 0. The van der Waals surface area contributed by atoms with E-state index in [2.05, 4.69) is 0 Å². The minimum atomic E-state index is -0.588. The van der Waals surface area contributed by atoms with Crippen molar-refractivity contribution in [3.05, 3.63) is 81.0 Å². The summed E-state index contributed by atoms with van der Waals surface area (Å²) < 4.78 is 0. The fourth-order valence-electron chi connectivity index (χ4n) is 1.66. The highest BCUT2D eigenvalue weighted by Gasteiger charge is 2.09. The molecule has 0 aromatic heterocycles. The van der Waals surface area contributed by atoms with Crippen LogP contribution in [0.5, 0.6) is 5.75 Å². The van der Waals surface area contributed by atoms with Crippen molar-refractivity contribution < 1.29 is 9.90 Å². The first-order valence-electron chi connectivity index (χ1n) is 5.88. The summed E-state index contributed by atoms with van der Waals surface area (Å²) in [4.78, 5) is 23.4. The SMILES string of the molecule is O=C(C=Cc1cccc(Cl)c1)c1ccccc(=O)c1O. The summed E-state index contributed by atoms with van der Waals surface area (Å²) in [5.41, 5.74) is 0.140. The average molecular weight is 287 g/mol. The van der Waals surface area contributed by atoms with Crippen LogP contribution >= 0.6 is 11.6 Å². The molecule has 0 saturated heterocycles. The maximum atomic E-state index is 12.0. The molecule has 4 heteroatoms. The molecule has 0 saturated carbocycles. The molecule has 3 nitrogen and oxygen atoms in total. The molecule has 0 fully saturated rings. The second-order valence-corrected chi connectivity index (χ2v) is 4.53. The number of ketones is 1. The van der Waals surface area contributed by atoms with Gasteiger partial charge in [-0.3, -0.25) is 9.59 Å². The highest BCUT2D eigenvalue weighted by molar-refractivity contribution is 6.30. The first-order valence-corrected chi connectivity index (χ1v) is 6.26. The summed E-state index contributed by atoms with van der Waals surface area (Å²) >= 11 is 5.84. The Labute approximate surface area is 120 Å². The van der Waals surface area contributed by atoms with Gasteiger partial charge < -0.3 is 5.11 Å². The van der Waals surface area contributed by atoms with Crippen molar-refractivity contribution in [2.24, 2.45) is 0 Å². The van der Waals surface area contributed by atoms with Crippen LogP contribution in [-0.4, -0.2) is 10.9 Å². The Morgan fingerprint density at radius 1 is 1.10 bits per heavy atom. The van der Waals surface area contributed by atoms with Gasteiger partial charge in [0.2, 0.25) is 5.43 Å². The lowest BCUT2D eigenvalue weighted by Crippen LogP contribution is -2.01. The van der Waals surface area contributed by atoms with Gasteiger partial charge in [0.25, 0.3) is 0 Å². The maximum Gasteiger partial charge on any atom is 0.220 e. The topological polar surface area (TPSA) is 54.4 Å². The molecule has 0 bridgehead atoms. The Morgan fingerprint density at radius 3 is 2.60 bits per heavy atom. The first-order chi connectivity index (χ1) is 9.58. The second-order valence-electron chi connectivity index (χ2n) is 4.10. The third-order valence-electron chi connectivity index (χ3n) is 2.65. The zero-order chi connectivity index (χ0) is 14.5. The van der Waals surface area contributed by atoms with Gasteiger partial charge in [-0.2, -0.15) is 0 Å². The molecule has 20 heavy (non-hydrogen) atoms. The van der Waals surface area contributed by atoms with E-state index in [0.717, 1.165) is 5.56 Å². The molecule has 0 heterocycles. The summed E-state index contributed by atoms with van der Waals surface area (Å²) in [6.07, 6.45) is 2.87. The van der Waals surface area contributed by atoms with Crippen LogP contribution in [0, 0.1) is 0 Å². The van der Waals surface area contributed by atoms with E-state index < -0.39 is 17.0 Å². The summed E-state index contributed by atoms with van der Waals surface area (Å²) in [5.74, 6) is -0.994. The van der Waals surface area contributed by atoms with E-state index in [9.17, 15) is 14.7 Å². The molecule has 1 N–H and O–H groups in total. The van der Waals surface area contributed by atoms with Crippen LogP contribution in [0.3, 0.4) is 0 Å². The van der Waals surface area contributed by atoms with Crippen molar-refractivity contribution in [2.45, 2.75) is 0 Å². The van der Waals surface area contributed by atoms with Crippen LogP contribution in [0.25, 0.3) is 6.08 Å². The smallest absolute Gasteiger partial charge is 0.220 e. The van der Waals surface area contributed by atoms with Crippen molar-refractivity contribution in [3.8, 4) is 5.75 Å². The van der Waals surface area contributed by atoms with Crippen molar-refractivity contribution in [1.82, 2.24) is 0 Å². The van der Waals surface area contributed by atoms with Gasteiger partial charge in [-0.15, -0.1) is 0 Å². The molecule has 0 radical (unpaired) electrons. The molecular formula is C16H11ClO3. The number of hydrogen-bond acceptors (Lipinski definition) is 3. The lowest BCUT2D eigenvalue weighted by Gasteiger charge is -1.96. The van der Waals surface area contributed by atoms with E-state index in [-0.39, 0.29) is 5.56 Å². The molecular weight excluding hydrogens is 276 g/mol. The molecule has 2 rings (SSSR count). The number of benzene rings is 1. The van der Waals surface area contributed by atoms with Gasteiger partial charge in [-0.05, 0) is 35.9 Å². The lowest BCUT2D eigenvalue weighted by molar-refractivity contribution is 0.104. The van der Waals surface area contributed by atoms with Crippen molar-refractivity contribution >= 4 is 23.5 Å². The monoisotopic (exact) mass is 286 g/mol. The molecule has 100 valence electrons. The third kappa shape index (κ3) is 3.33. The molecule has 0 spiro atoms. The Balaban J connectivity index is 2.32. The van der Waals surface area contributed by atoms with E-state index >= 15 is 0 Å². The zero-order valence-electron chi connectivity index (χ0n) is 10.4. The minimum absolute atomic E-state index is 0.0294. The van der Waals surface area contributed by atoms with Gasteiger partial charge in [0, 0.05) is 5.02 Å². The van der Waals surface area contributed by atoms with Crippen LogP contribution in [0.15, 0.2) is 59.4 Å². The highest BCUT2D eigenvalue weighted by atomic mass is 35.5. The molecule has 0 atom stereocenters. The maximum absolute atomic E-state index is 12.0. The van der Waals surface area contributed by atoms with Gasteiger partial charge in [-0.1, -0.05) is 41.9 Å². The Hall–Kier alpha value is -2.39. The molecule has 2 aromatic carbocycles. The van der Waals surface area contributed by atoms with Crippen LogP contribution in [0.4, 0.5) is 0 Å².